The van der Waals surface area contributed by atoms with Crippen molar-refractivity contribution in [3.63, 3.8) is 0 Å². The Labute approximate surface area is 199 Å². The molecule has 0 aliphatic carbocycles. The predicted octanol–water partition coefficient (Wildman–Crippen LogP) is 5.03. The molecule has 0 bridgehead atoms. The highest BCUT2D eigenvalue weighted by Crippen LogP contribution is 2.22. The maximum atomic E-state index is 12.6. The summed E-state index contributed by atoms with van der Waals surface area (Å²) in [6, 6.07) is 6.69. The highest BCUT2D eigenvalue weighted by molar-refractivity contribution is 5.74. The van der Waals surface area contributed by atoms with Gasteiger partial charge in [-0.3, -0.25) is 0 Å². The zero-order valence-electron chi connectivity index (χ0n) is 20.2. The number of carboxylic acids is 1. The molecule has 7 nitrogen and oxygen atoms in total. The number of carbonyl (C=O) groups is 2. The van der Waals surface area contributed by atoms with Gasteiger partial charge in [0.2, 0.25) is 0 Å². The summed E-state index contributed by atoms with van der Waals surface area (Å²) in [4.78, 5) is 25.3. The van der Waals surface area contributed by atoms with Gasteiger partial charge in [0, 0.05) is 32.0 Å². The largest absolute Gasteiger partial charge is 0.492 e. The number of carboxylic acid groups (broad SMARTS) is 1. The zero-order chi connectivity index (χ0) is 25.6. The van der Waals surface area contributed by atoms with Crippen molar-refractivity contribution in [2.24, 2.45) is 0 Å². The van der Waals surface area contributed by atoms with Gasteiger partial charge >= 0.3 is 18.2 Å². The van der Waals surface area contributed by atoms with Crippen molar-refractivity contribution in [3.8, 4) is 5.75 Å². The van der Waals surface area contributed by atoms with E-state index in [2.05, 4.69) is 5.32 Å². The second-order valence-electron chi connectivity index (χ2n) is 8.15. The summed E-state index contributed by atoms with van der Waals surface area (Å²) in [7, 11) is 0. The fourth-order valence-corrected chi connectivity index (χ4v) is 3.15. The molecule has 0 radical (unpaired) electrons. The summed E-state index contributed by atoms with van der Waals surface area (Å²) in [5, 5.41) is 12.1. The summed E-state index contributed by atoms with van der Waals surface area (Å²) in [6.45, 7) is 6.73. The molecule has 1 aromatic rings. The summed E-state index contributed by atoms with van der Waals surface area (Å²) in [6.07, 6.45) is -3.99. The van der Waals surface area contributed by atoms with Crippen LogP contribution in [0.2, 0.25) is 0 Å². The van der Waals surface area contributed by atoms with Gasteiger partial charge in [-0.2, -0.15) is 13.2 Å². The Morgan fingerprint density at radius 1 is 1.09 bits per heavy atom. The normalized spacial score (nSPS) is 13.2. The van der Waals surface area contributed by atoms with Gasteiger partial charge < -0.3 is 24.8 Å². The van der Waals surface area contributed by atoms with E-state index in [9.17, 15) is 27.9 Å². The Bertz CT molecular complexity index is 728. The molecule has 10 heteroatoms. The molecule has 0 aliphatic heterocycles. The first-order valence-electron chi connectivity index (χ1n) is 11.7. The van der Waals surface area contributed by atoms with Crippen LogP contribution in [0.1, 0.15) is 58.4 Å². The van der Waals surface area contributed by atoms with Crippen molar-refractivity contribution in [2.45, 2.75) is 77.6 Å². The molecule has 194 valence electrons. The van der Waals surface area contributed by atoms with E-state index in [0.717, 1.165) is 12.0 Å². The molecule has 0 saturated heterocycles. The Morgan fingerprint density at radius 3 is 2.32 bits per heavy atom. The van der Waals surface area contributed by atoms with Crippen LogP contribution in [-0.2, 0) is 16.0 Å². The first-order chi connectivity index (χ1) is 16.1. The van der Waals surface area contributed by atoms with Crippen LogP contribution in [0.4, 0.5) is 18.0 Å². The fourth-order valence-electron chi connectivity index (χ4n) is 3.15. The second-order valence-corrected chi connectivity index (χ2v) is 8.15. The van der Waals surface area contributed by atoms with Gasteiger partial charge in [0.05, 0.1) is 6.54 Å². The molecule has 34 heavy (non-hydrogen) atoms. The van der Waals surface area contributed by atoms with Crippen molar-refractivity contribution in [1.82, 2.24) is 10.2 Å². The lowest BCUT2D eigenvalue weighted by Gasteiger charge is -2.25. The van der Waals surface area contributed by atoms with E-state index >= 15 is 0 Å². The maximum Gasteiger partial charge on any atom is 0.389 e. The first kappa shape index (κ1) is 29.5. The number of rotatable bonds is 16. The van der Waals surface area contributed by atoms with E-state index in [4.69, 9.17) is 9.47 Å². The van der Waals surface area contributed by atoms with Gasteiger partial charge in [-0.1, -0.05) is 25.5 Å². The van der Waals surface area contributed by atoms with E-state index in [0.29, 0.717) is 31.7 Å². The molecule has 0 aromatic heterocycles. The van der Waals surface area contributed by atoms with Crippen molar-refractivity contribution in [1.29, 1.82) is 0 Å². The number of aliphatic carboxylic acids is 1. The van der Waals surface area contributed by atoms with Gasteiger partial charge in [0.1, 0.15) is 12.4 Å². The van der Waals surface area contributed by atoms with Gasteiger partial charge in [0.25, 0.3) is 0 Å². The topological polar surface area (TPSA) is 88.1 Å². The monoisotopic (exact) mass is 490 g/mol. The number of urea groups is 1. The number of halogens is 3. The number of hydrogen-bond acceptors (Lipinski definition) is 4. The third-order valence-corrected chi connectivity index (χ3v) is 5.28. The lowest BCUT2D eigenvalue weighted by atomic mass is 10.1. The fraction of sp³-hybridized carbons (Fsp3) is 0.667. The average Bonchev–Trinajstić information content (AvgIpc) is 2.77. The Balaban J connectivity index is 2.57. The minimum Gasteiger partial charge on any atom is -0.492 e. The summed E-state index contributed by atoms with van der Waals surface area (Å²) >= 11 is 0. The highest BCUT2D eigenvalue weighted by Gasteiger charge is 2.26. The molecule has 0 heterocycles. The third kappa shape index (κ3) is 12.7. The lowest BCUT2D eigenvalue weighted by molar-refractivity contribution is -0.150. The van der Waals surface area contributed by atoms with E-state index in [-0.39, 0.29) is 38.1 Å². The van der Waals surface area contributed by atoms with Gasteiger partial charge in [-0.05, 0) is 50.8 Å². The van der Waals surface area contributed by atoms with Crippen molar-refractivity contribution < 1.29 is 37.3 Å². The lowest BCUT2D eigenvalue weighted by Crippen LogP contribution is -2.45. The average molecular weight is 491 g/mol. The Kier molecular flexibility index (Phi) is 13.4. The molecule has 2 unspecified atom stereocenters. The molecule has 0 fully saturated rings. The van der Waals surface area contributed by atoms with Crippen LogP contribution in [-0.4, -0.2) is 66.6 Å². The minimum absolute atomic E-state index is 0.0139. The molecular formula is C24H37F3N2O5. The maximum absolute atomic E-state index is 12.6. The molecule has 1 rings (SSSR count). The zero-order valence-corrected chi connectivity index (χ0v) is 20.2. The van der Waals surface area contributed by atoms with Crippen LogP contribution >= 0.6 is 0 Å². The third-order valence-electron chi connectivity index (χ3n) is 5.28. The van der Waals surface area contributed by atoms with E-state index in [1.54, 1.807) is 36.1 Å². The van der Waals surface area contributed by atoms with E-state index < -0.39 is 24.7 Å². The summed E-state index contributed by atoms with van der Waals surface area (Å²) < 4.78 is 47.9. The van der Waals surface area contributed by atoms with Crippen LogP contribution < -0.4 is 10.1 Å². The van der Waals surface area contributed by atoms with Crippen LogP contribution in [0.15, 0.2) is 24.3 Å². The number of nitrogens with zero attached hydrogens (tertiary/aromatic N) is 1. The quantitative estimate of drug-likeness (QED) is 0.317. The predicted molar refractivity (Wildman–Crippen MR) is 123 cm³/mol. The number of carbonyl (C=O) groups excluding carboxylic acids is 1. The number of amides is 2. The first-order valence-corrected chi connectivity index (χ1v) is 11.7. The number of alkyl halides is 3. The van der Waals surface area contributed by atoms with E-state index in [1.807, 2.05) is 13.8 Å². The smallest absolute Gasteiger partial charge is 0.389 e. The number of hydrogen-bond donors (Lipinski definition) is 2. The summed E-state index contributed by atoms with van der Waals surface area (Å²) in [5.41, 5.74) is 0.793. The molecule has 2 amide bonds. The molecule has 0 spiro atoms. The standard InChI is InChI=1S/C24H37F3N2O5/c1-4-18(3)28-23(32)29(14-8-6-7-13-24(25,26)27)15-16-34-20-11-9-19(10-12-20)17-21(22(30)31)33-5-2/h9-12,18,21H,4-8,13-17H2,1-3H3,(H,28,32)(H,30,31). The molecule has 2 atom stereocenters. The van der Waals surface area contributed by atoms with Gasteiger partial charge in [-0.25, -0.2) is 9.59 Å². The molecular weight excluding hydrogens is 453 g/mol. The van der Waals surface area contributed by atoms with Gasteiger partial charge in [-0.15, -0.1) is 0 Å². The van der Waals surface area contributed by atoms with E-state index in [1.165, 1.54) is 0 Å². The number of benzene rings is 1. The molecule has 0 saturated carbocycles. The van der Waals surface area contributed by atoms with Crippen LogP contribution in [0.5, 0.6) is 5.75 Å². The van der Waals surface area contributed by atoms with Crippen LogP contribution in [0.3, 0.4) is 0 Å². The second kappa shape index (κ2) is 15.4. The van der Waals surface area contributed by atoms with Crippen LogP contribution in [0, 0.1) is 0 Å². The number of nitrogens with one attached hydrogen (secondary N) is 1. The minimum atomic E-state index is -4.16. The molecule has 2 N–H and O–H groups in total. The van der Waals surface area contributed by atoms with Crippen LogP contribution in [0.25, 0.3) is 0 Å². The highest BCUT2D eigenvalue weighted by atomic mass is 19.4. The van der Waals surface area contributed by atoms with Gasteiger partial charge in [0.15, 0.2) is 6.10 Å². The Morgan fingerprint density at radius 2 is 1.76 bits per heavy atom. The van der Waals surface area contributed by atoms with Crippen molar-refractivity contribution >= 4 is 12.0 Å². The van der Waals surface area contributed by atoms with Crippen molar-refractivity contribution in [3.05, 3.63) is 29.8 Å². The number of unbranched alkanes of at least 4 members (excludes halogenated alkanes) is 2. The Hall–Kier alpha value is -2.49. The summed E-state index contributed by atoms with van der Waals surface area (Å²) in [5.74, 6) is -0.448. The SMILES string of the molecule is CCOC(Cc1ccc(OCCN(CCCCCC(F)(F)F)C(=O)NC(C)CC)cc1)C(=O)O. The van der Waals surface area contributed by atoms with Crippen molar-refractivity contribution in [2.75, 3.05) is 26.3 Å². The molecule has 1 aromatic carbocycles. The molecule has 0 aliphatic rings. The number of ether oxygens (including phenoxy) is 2.